The Balaban J connectivity index is 2.83. The van der Waals surface area contributed by atoms with Crippen LogP contribution in [-0.2, 0) is 4.74 Å². The Bertz CT molecular complexity index is 37.1. The molecule has 2 heteroatoms. The van der Waals surface area contributed by atoms with Crippen molar-refractivity contribution in [1.29, 1.82) is 0 Å². The van der Waals surface area contributed by atoms with Crippen LogP contribution in [0.3, 0.4) is 0 Å². The van der Waals surface area contributed by atoms with E-state index in [0.717, 1.165) is 0 Å². The third-order valence-electron chi connectivity index (χ3n) is 0.708. The molecular weight excluding hydrogens is 92.1 g/mol. The molecule has 0 saturated carbocycles. The lowest BCUT2D eigenvalue weighted by molar-refractivity contribution is 0.0325. The molecule has 0 heterocycles. The zero-order chi connectivity index (χ0) is 5.70. The van der Waals surface area contributed by atoms with Crippen LogP contribution in [0.4, 0.5) is 0 Å². The summed E-state index contributed by atoms with van der Waals surface area (Å²) in [5, 5.41) is 8.34. The van der Waals surface area contributed by atoms with Crippen molar-refractivity contribution < 1.29 is 9.84 Å². The van der Waals surface area contributed by atoms with Crippen LogP contribution in [0.2, 0.25) is 0 Å². The zero-order valence-corrected chi connectivity index (χ0v) is 4.85. The fraction of sp³-hybridized carbons (Fsp3) is 1.00. The SMILES string of the molecule is CCO[C@@H](C)CO. The second-order valence-electron chi connectivity index (χ2n) is 1.45. The minimum absolute atomic E-state index is 0.00463. The molecular formula is C5H12O2. The summed E-state index contributed by atoms with van der Waals surface area (Å²) in [7, 11) is 0. The molecule has 0 aromatic carbocycles. The summed E-state index contributed by atoms with van der Waals surface area (Å²) in [6.45, 7) is 4.55. The molecule has 0 aromatic heterocycles. The summed E-state index contributed by atoms with van der Waals surface area (Å²) in [6, 6.07) is 0. The predicted octanol–water partition coefficient (Wildman–Crippen LogP) is 0.404. The quantitative estimate of drug-likeness (QED) is 0.561. The van der Waals surface area contributed by atoms with Crippen molar-refractivity contribution in [3.05, 3.63) is 0 Å². The van der Waals surface area contributed by atoms with Crippen LogP contribution >= 0.6 is 0 Å². The number of aliphatic hydroxyl groups is 1. The van der Waals surface area contributed by atoms with Gasteiger partial charge in [-0.1, -0.05) is 0 Å². The van der Waals surface area contributed by atoms with E-state index in [1.165, 1.54) is 0 Å². The molecule has 0 unspecified atom stereocenters. The van der Waals surface area contributed by atoms with Gasteiger partial charge in [-0.2, -0.15) is 0 Å². The van der Waals surface area contributed by atoms with E-state index in [0.29, 0.717) is 6.61 Å². The lowest BCUT2D eigenvalue weighted by Crippen LogP contribution is -2.11. The van der Waals surface area contributed by atoms with E-state index in [1.807, 2.05) is 13.8 Å². The van der Waals surface area contributed by atoms with E-state index in [2.05, 4.69) is 0 Å². The minimum Gasteiger partial charge on any atom is -0.394 e. The maximum absolute atomic E-state index is 8.34. The molecule has 7 heavy (non-hydrogen) atoms. The van der Waals surface area contributed by atoms with Crippen LogP contribution in [0, 0.1) is 0 Å². The first-order chi connectivity index (χ1) is 3.31. The van der Waals surface area contributed by atoms with Gasteiger partial charge in [-0.25, -0.2) is 0 Å². The molecule has 0 fully saturated rings. The predicted molar refractivity (Wildman–Crippen MR) is 28.2 cm³/mol. The van der Waals surface area contributed by atoms with Gasteiger partial charge in [-0.05, 0) is 13.8 Å². The van der Waals surface area contributed by atoms with Gasteiger partial charge in [0.15, 0.2) is 0 Å². The molecule has 0 rings (SSSR count). The van der Waals surface area contributed by atoms with E-state index in [1.54, 1.807) is 0 Å². The molecule has 0 aromatic rings. The van der Waals surface area contributed by atoms with Gasteiger partial charge in [-0.3, -0.25) is 0 Å². The second kappa shape index (κ2) is 4.09. The monoisotopic (exact) mass is 104 g/mol. The lowest BCUT2D eigenvalue weighted by Gasteiger charge is -2.04. The molecule has 0 aliphatic heterocycles. The molecule has 0 radical (unpaired) electrons. The number of hydrogen-bond donors (Lipinski definition) is 1. The van der Waals surface area contributed by atoms with Crippen LogP contribution < -0.4 is 0 Å². The van der Waals surface area contributed by atoms with Gasteiger partial charge in [0.1, 0.15) is 0 Å². The van der Waals surface area contributed by atoms with E-state index in [-0.39, 0.29) is 12.7 Å². The highest BCUT2D eigenvalue weighted by Gasteiger charge is 1.93. The van der Waals surface area contributed by atoms with Crippen molar-refractivity contribution in [3.63, 3.8) is 0 Å². The van der Waals surface area contributed by atoms with Gasteiger partial charge in [-0.15, -0.1) is 0 Å². The highest BCUT2D eigenvalue weighted by Crippen LogP contribution is 1.84. The average Bonchev–Trinajstić information content (AvgIpc) is 1.68. The van der Waals surface area contributed by atoms with E-state index >= 15 is 0 Å². The number of ether oxygens (including phenoxy) is 1. The van der Waals surface area contributed by atoms with Crippen LogP contribution in [0.15, 0.2) is 0 Å². The van der Waals surface area contributed by atoms with E-state index in [9.17, 15) is 0 Å². The largest absolute Gasteiger partial charge is 0.394 e. The first-order valence-electron chi connectivity index (χ1n) is 2.53. The fourth-order valence-electron chi connectivity index (χ4n) is 0.337. The standard InChI is InChI=1S/C5H12O2/c1-3-7-5(2)4-6/h5-6H,3-4H2,1-2H3/t5-/m0/s1. The van der Waals surface area contributed by atoms with Crippen LogP contribution in [-0.4, -0.2) is 24.4 Å². The van der Waals surface area contributed by atoms with Gasteiger partial charge < -0.3 is 9.84 Å². The summed E-state index contributed by atoms with van der Waals surface area (Å²) in [6.07, 6.45) is 0.00463. The highest BCUT2D eigenvalue weighted by molar-refractivity contribution is 4.40. The summed E-state index contributed by atoms with van der Waals surface area (Å²) in [5.41, 5.74) is 0. The van der Waals surface area contributed by atoms with Crippen LogP contribution in [0.1, 0.15) is 13.8 Å². The number of aliphatic hydroxyl groups excluding tert-OH is 1. The van der Waals surface area contributed by atoms with Gasteiger partial charge in [0.25, 0.3) is 0 Å². The molecule has 2 nitrogen and oxygen atoms in total. The van der Waals surface area contributed by atoms with E-state index in [4.69, 9.17) is 9.84 Å². The molecule has 44 valence electrons. The van der Waals surface area contributed by atoms with Gasteiger partial charge in [0, 0.05) is 6.61 Å². The molecule has 1 N–H and O–H groups in total. The fourth-order valence-corrected chi connectivity index (χ4v) is 0.337. The molecule has 0 bridgehead atoms. The van der Waals surface area contributed by atoms with Crippen molar-refractivity contribution in [1.82, 2.24) is 0 Å². The van der Waals surface area contributed by atoms with Gasteiger partial charge >= 0.3 is 0 Å². The van der Waals surface area contributed by atoms with Crippen LogP contribution in [0.5, 0.6) is 0 Å². The first kappa shape index (κ1) is 6.92. The third kappa shape index (κ3) is 3.76. The van der Waals surface area contributed by atoms with Crippen LogP contribution in [0.25, 0.3) is 0 Å². The first-order valence-corrected chi connectivity index (χ1v) is 2.53. The Labute approximate surface area is 44.1 Å². The van der Waals surface area contributed by atoms with Crippen molar-refractivity contribution >= 4 is 0 Å². The summed E-state index contributed by atoms with van der Waals surface area (Å²) < 4.78 is 4.94. The van der Waals surface area contributed by atoms with Crippen molar-refractivity contribution in [2.75, 3.05) is 13.2 Å². The Morgan fingerprint density at radius 1 is 1.71 bits per heavy atom. The van der Waals surface area contributed by atoms with Crippen molar-refractivity contribution in [2.24, 2.45) is 0 Å². The zero-order valence-electron chi connectivity index (χ0n) is 4.85. The highest BCUT2D eigenvalue weighted by atomic mass is 16.5. The summed E-state index contributed by atoms with van der Waals surface area (Å²) in [4.78, 5) is 0. The molecule has 0 amide bonds. The molecule has 0 aliphatic carbocycles. The molecule has 0 aliphatic rings. The van der Waals surface area contributed by atoms with Gasteiger partial charge in [0.2, 0.25) is 0 Å². The average molecular weight is 104 g/mol. The van der Waals surface area contributed by atoms with E-state index < -0.39 is 0 Å². The number of rotatable bonds is 3. The van der Waals surface area contributed by atoms with Gasteiger partial charge in [0.05, 0.1) is 12.7 Å². The van der Waals surface area contributed by atoms with Crippen molar-refractivity contribution in [3.8, 4) is 0 Å². The smallest absolute Gasteiger partial charge is 0.0777 e. The maximum Gasteiger partial charge on any atom is 0.0777 e. The number of hydrogen-bond acceptors (Lipinski definition) is 2. The topological polar surface area (TPSA) is 29.5 Å². The maximum atomic E-state index is 8.34. The lowest BCUT2D eigenvalue weighted by atomic mass is 10.4. The second-order valence-corrected chi connectivity index (χ2v) is 1.45. The Kier molecular flexibility index (Phi) is 4.04. The minimum atomic E-state index is 0.00463. The summed E-state index contributed by atoms with van der Waals surface area (Å²) in [5.74, 6) is 0. The Morgan fingerprint density at radius 3 is 2.43 bits per heavy atom. The molecule has 0 saturated heterocycles. The summed E-state index contributed by atoms with van der Waals surface area (Å²) >= 11 is 0. The Hall–Kier alpha value is -0.0800. The molecule has 0 spiro atoms. The third-order valence-corrected chi connectivity index (χ3v) is 0.708. The normalized spacial score (nSPS) is 14.1. The Morgan fingerprint density at radius 2 is 2.29 bits per heavy atom. The molecule has 1 atom stereocenters. The van der Waals surface area contributed by atoms with Crippen molar-refractivity contribution in [2.45, 2.75) is 20.0 Å².